The van der Waals surface area contributed by atoms with Crippen LogP contribution in [0.25, 0.3) is 0 Å². The van der Waals surface area contributed by atoms with Crippen molar-refractivity contribution in [3.8, 4) is 5.88 Å². The highest BCUT2D eigenvalue weighted by atomic mass is 35.5. The minimum atomic E-state index is -0.0790. The highest BCUT2D eigenvalue weighted by Gasteiger charge is 2.17. The number of aromatic nitrogens is 2. The van der Waals surface area contributed by atoms with Gasteiger partial charge in [-0.25, -0.2) is 9.97 Å². The first-order valence-electron chi connectivity index (χ1n) is 6.31. The molecule has 0 amide bonds. The van der Waals surface area contributed by atoms with Gasteiger partial charge in [-0.15, -0.1) is 0 Å². The average molecular weight is 277 g/mol. The number of rotatable bonds is 4. The zero-order chi connectivity index (χ0) is 13.8. The molecule has 0 saturated heterocycles. The summed E-state index contributed by atoms with van der Waals surface area (Å²) in [4.78, 5) is 8.22. The zero-order valence-corrected chi connectivity index (χ0v) is 12.1. The van der Waals surface area contributed by atoms with E-state index in [2.05, 4.69) is 9.97 Å². The van der Waals surface area contributed by atoms with Crippen LogP contribution in [0, 0.1) is 0 Å². The Kier molecular flexibility index (Phi) is 4.38. The molecule has 1 atom stereocenters. The van der Waals surface area contributed by atoms with Crippen molar-refractivity contribution in [2.45, 2.75) is 32.8 Å². The summed E-state index contributed by atoms with van der Waals surface area (Å²) in [6, 6.07) is 10.0. The van der Waals surface area contributed by atoms with E-state index in [4.69, 9.17) is 16.3 Å². The van der Waals surface area contributed by atoms with Crippen LogP contribution in [0.5, 0.6) is 5.88 Å². The first-order chi connectivity index (χ1) is 9.09. The van der Waals surface area contributed by atoms with Crippen molar-refractivity contribution in [2.24, 2.45) is 0 Å². The van der Waals surface area contributed by atoms with E-state index >= 15 is 0 Å². The van der Waals surface area contributed by atoms with Crippen LogP contribution in [0.2, 0.25) is 5.15 Å². The third kappa shape index (κ3) is 3.24. The van der Waals surface area contributed by atoms with Crippen LogP contribution < -0.4 is 4.74 Å². The fraction of sp³-hybridized carbons (Fsp3) is 0.333. The van der Waals surface area contributed by atoms with Gasteiger partial charge in [-0.2, -0.15) is 0 Å². The molecule has 0 aliphatic heterocycles. The Morgan fingerprint density at radius 3 is 2.37 bits per heavy atom. The van der Waals surface area contributed by atoms with E-state index in [0.29, 0.717) is 11.0 Å². The summed E-state index contributed by atoms with van der Waals surface area (Å²) < 4.78 is 5.94. The molecule has 4 heteroatoms. The summed E-state index contributed by atoms with van der Waals surface area (Å²) in [6.45, 7) is 6.09. The van der Waals surface area contributed by atoms with Gasteiger partial charge in [0, 0.05) is 0 Å². The minimum absolute atomic E-state index is 0.0790. The lowest BCUT2D eigenvalue weighted by molar-refractivity contribution is 0.213. The number of ether oxygens (including phenoxy) is 1. The van der Waals surface area contributed by atoms with Crippen LogP contribution in [0.15, 0.2) is 36.7 Å². The third-order valence-electron chi connectivity index (χ3n) is 2.93. The van der Waals surface area contributed by atoms with E-state index in [1.165, 1.54) is 6.33 Å². The van der Waals surface area contributed by atoms with Gasteiger partial charge in [-0.1, -0.05) is 55.8 Å². The fourth-order valence-corrected chi connectivity index (χ4v) is 2.24. The molecular weight excluding hydrogens is 260 g/mol. The largest absolute Gasteiger partial charge is 0.469 e. The second kappa shape index (κ2) is 6.02. The molecule has 1 aromatic carbocycles. The maximum atomic E-state index is 6.12. The Bertz CT molecular complexity index is 543. The van der Waals surface area contributed by atoms with E-state index in [9.17, 15) is 0 Å². The van der Waals surface area contributed by atoms with Gasteiger partial charge in [0.25, 0.3) is 0 Å². The van der Waals surface area contributed by atoms with Gasteiger partial charge < -0.3 is 4.74 Å². The molecule has 1 heterocycles. The number of benzene rings is 1. The highest BCUT2D eigenvalue weighted by molar-refractivity contribution is 6.30. The molecule has 0 aliphatic rings. The number of hydrogen-bond donors (Lipinski definition) is 0. The SMILES string of the molecule is CC(C)c1c(Cl)ncnc1OC(C)c1ccccc1. The highest BCUT2D eigenvalue weighted by Crippen LogP contribution is 2.32. The molecule has 0 radical (unpaired) electrons. The standard InChI is InChI=1S/C15H17ClN2O/c1-10(2)13-14(16)17-9-18-15(13)19-11(3)12-7-5-4-6-8-12/h4-11H,1-3H3. The monoisotopic (exact) mass is 276 g/mol. The van der Waals surface area contributed by atoms with Gasteiger partial charge >= 0.3 is 0 Å². The normalized spacial score (nSPS) is 12.5. The zero-order valence-electron chi connectivity index (χ0n) is 11.3. The average Bonchev–Trinajstić information content (AvgIpc) is 2.39. The molecule has 0 fully saturated rings. The number of halogens is 1. The fourth-order valence-electron chi connectivity index (χ4n) is 1.90. The van der Waals surface area contributed by atoms with Gasteiger partial charge in [-0.3, -0.25) is 0 Å². The van der Waals surface area contributed by atoms with Gasteiger partial charge in [0.1, 0.15) is 17.6 Å². The second-order valence-corrected chi connectivity index (χ2v) is 5.07. The van der Waals surface area contributed by atoms with Crippen molar-refractivity contribution in [3.63, 3.8) is 0 Å². The van der Waals surface area contributed by atoms with E-state index < -0.39 is 0 Å². The van der Waals surface area contributed by atoms with E-state index in [1.807, 2.05) is 51.1 Å². The lowest BCUT2D eigenvalue weighted by atomic mass is 10.1. The molecule has 1 unspecified atom stereocenters. The van der Waals surface area contributed by atoms with Crippen LogP contribution >= 0.6 is 11.6 Å². The van der Waals surface area contributed by atoms with Crippen LogP contribution in [-0.4, -0.2) is 9.97 Å². The number of nitrogens with zero attached hydrogens (tertiary/aromatic N) is 2. The van der Waals surface area contributed by atoms with Gasteiger partial charge in [0.15, 0.2) is 0 Å². The maximum Gasteiger partial charge on any atom is 0.222 e. The smallest absolute Gasteiger partial charge is 0.222 e. The molecule has 19 heavy (non-hydrogen) atoms. The van der Waals surface area contributed by atoms with Crippen molar-refractivity contribution in [3.05, 3.63) is 52.9 Å². The number of hydrogen-bond acceptors (Lipinski definition) is 3. The lowest BCUT2D eigenvalue weighted by Crippen LogP contribution is -2.08. The summed E-state index contributed by atoms with van der Waals surface area (Å²) in [7, 11) is 0. The van der Waals surface area contributed by atoms with Gasteiger partial charge in [0.05, 0.1) is 5.56 Å². The van der Waals surface area contributed by atoms with Gasteiger partial charge in [-0.05, 0) is 18.4 Å². The molecule has 2 rings (SSSR count). The van der Waals surface area contributed by atoms with Crippen molar-refractivity contribution in [2.75, 3.05) is 0 Å². The predicted octanol–water partition coefficient (Wildman–Crippen LogP) is 4.39. The van der Waals surface area contributed by atoms with Crippen LogP contribution in [0.4, 0.5) is 0 Å². The quantitative estimate of drug-likeness (QED) is 0.777. The Morgan fingerprint density at radius 1 is 1.05 bits per heavy atom. The molecule has 0 N–H and O–H groups in total. The van der Waals surface area contributed by atoms with E-state index in [-0.39, 0.29) is 12.0 Å². The van der Waals surface area contributed by atoms with Crippen molar-refractivity contribution >= 4 is 11.6 Å². The molecular formula is C15H17ClN2O. The first kappa shape index (κ1) is 13.8. The van der Waals surface area contributed by atoms with Gasteiger partial charge in [0.2, 0.25) is 5.88 Å². The van der Waals surface area contributed by atoms with E-state index in [1.54, 1.807) is 0 Å². The molecule has 0 aliphatic carbocycles. The third-order valence-corrected chi connectivity index (χ3v) is 3.23. The van der Waals surface area contributed by atoms with E-state index in [0.717, 1.165) is 11.1 Å². The molecule has 3 nitrogen and oxygen atoms in total. The summed E-state index contributed by atoms with van der Waals surface area (Å²) >= 11 is 6.12. The Labute approximate surface area is 118 Å². The molecule has 2 aromatic rings. The summed E-state index contributed by atoms with van der Waals surface area (Å²) in [6.07, 6.45) is 1.35. The van der Waals surface area contributed by atoms with Crippen molar-refractivity contribution in [1.29, 1.82) is 0 Å². The van der Waals surface area contributed by atoms with Crippen LogP contribution in [0.3, 0.4) is 0 Å². The molecule has 1 aromatic heterocycles. The molecule has 100 valence electrons. The summed E-state index contributed by atoms with van der Waals surface area (Å²) in [5, 5.41) is 0.459. The van der Waals surface area contributed by atoms with Crippen molar-refractivity contribution < 1.29 is 4.74 Å². The summed E-state index contributed by atoms with van der Waals surface area (Å²) in [5.74, 6) is 0.776. The lowest BCUT2D eigenvalue weighted by Gasteiger charge is -2.18. The maximum absolute atomic E-state index is 6.12. The Morgan fingerprint density at radius 2 is 1.74 bits per heavy atom. The first-order valence-corrected chi connectivity index (χ1v) is 6.69. The molecule has 0 spiro atoms. The van der Waals surface area contributed by atoms with Crippen LogP contribution in [0.1, 0.15) is 43.9 Å². The molecule has 0 bridgehead atoms. The van der Waals surface area contributed by atoms with Crippen LogP contribution in [-0.2, 0) is 0 Å². The Balaban J connectivity index is 2.27. The minimum Gasteiger partial charge on any atom is -0.469 e. The Hall–Kier alpha value is -1.61. The molecule has 0 saturated carbocycles. The topological polar surface area (TPSA) is 35.0 Å². The summed E-state index contributed by atoms with van der Waals surface area (Å²) in [5.41, 5.74) is 1.96. The predicted molar refractivity (Wildman–Crippen MR) is 76.6 cm³/mol. The second-order valence-electron chi connectivity index (χ2n) is 4.71. The van der Waals surface area contributed by atoms with Crippen molar-refractivity contribution in [1.82, 2.24) is 9.97 Å².